The van der Waals surface area contributed by atoms with E-state index in [1.807, 2.05) is 13.0 Å². The van der Waals surface area contributed by atoms with Crippen molar-refractivity contribution in [2.75, 3.05) is 13.2 Å². The number of benzene rings is 2. The molecule has 146 valence electrons. The number of ether oxygens (including phenoxy) is 2. The third-order valence-corrected chi connectivity index (χ3v) is 4.85. The number of esters is 1. The molecule has 9 heteroatoms. The zero-order valence-electron chi connectivity index (χ0n) is 15.1. The minimum absolute atomic E-state index is 0.0000278. The van der Waals surface area contributed by atoms with Gasteiger partial charge < -0.3 is 9.47 Å². The lowest BCUT2D eigenvalue weighted by Crippen LogP contribution is -2.13. The van der Waals surface area contributed by atoms with Gasteiger partial charge in [0.15, 0.2) is 0 Å². The third kappa shape index (κ3) is 4.76. The molecular formula is C19H19N3O5S. The SMILES string of the molecule is Cc1ccnn1-c1ccc(C(=O)OCCOc2ccc(S(N)(=O)=O)cc2)cc1. The van der Waals surface area contributed by atoms with Gasteiger partial charge in [-0.05, 0) is 61.5 Å². The van der Waals surface area contributed by atoms with Crippen LogP contribution >= 0.6 is 0 Å². The van der Waals surface area contributed by atoms with E-state index < -0.39 is 16.0 Å². The van der Waals surface area contributed by atoms with Crippen LogP contribution < -0.4 is 9.88 Å². The predicted octanol–water partition coefficient (Wildman–Crippen LogP) is 2.06. The van der Waals surface area contributed by atoms with Crippen molar-refractivity contribution in [2.24, 2.45) is 5.14 Å². The van der Waals surface area contributed by atoms with Gasteiger partial charge in [-0.3, -0.25) is 0 Å². The number of nitrogens with zero attached hydrogens (tertiary/aromatic N) is 2. The molecular weight excluding hydrogens is 382 g/mol. The number of rotatable bonds is 7. The average Bonchev–Trinajstić information content (AvgIpc) is 3.11. The van der Waals surface area contributed by atoms with Gasteiger partial charge in [0.2, 0.25) is 10.0 Å². The summed E-state index contributed by atoms with van der Waals surface area (Å²) in [6.07, 6.45) is 1.71. The third-order valence-electron chi connectivity index (χ3n) is 3.92. The van der Waals surface area contributed by atoms with Crippen LogP contribution in [0.25, 0.3) is 5.69 Å². The Morgan fingerprint density at radius 2 is 1.71 bits per heavy atom. The first kappa shape index (κ1) is 19.6. The molecule has 0 spiro atoms. The van der Waals surface area contributed by atoms with Crippen molar-refractivity contribution in [3.63, 3.8) is 0 Å². The summed E-state index contributed by atoms with van der Waals surface area (Å²) in [5.74, 6) is -0.0145. The molecule has 28 heavy (non-hydrogen) atoms. The molecule has 0 aliphatic heterocycles. The number of nitrogens with two attached hydrogens (primary N) is 1. The van der Waals surface area contributed by atoms with Gasteiger partial charge in [-0.15, -0.1) is 0 Å². The van der Waals surface area contributed by atoms with Crippen molar-refractivity contribution in [1.29, 1.82) is 0 Å². The highest BCUT2D eigenvalue weighted by molar-refractivity contribution is 7.89. The summed E-state index contributed by atoms with van der Waals surface area (Å²) in [5.41, 5.74) is 2.26. The van der Waals surface area contributed by atoms with Crippen LogP contribution in [0.2, 0.25) is 0 Å². The van der Waals surface area contributed by atoms with Crippen LogP contribution in [-0.2, 0) is 14.8 Å². The second-order valence-corrected chi connectivity index (χ2v) is 7.49. The van der Waals surface area contributed by atoms with E-state index in [0.29, 0.717) is 11.3 Å². The zero-order valence-corrected chi connectivity index (χ0v) is 15.9. The van der Waals surface area contributed by atoms with Crippen molar-refractivity contribution >= 4 is 16.0 Å². The molecule has 0 bridgehead atoms. The summed E-state index contributed by atoms with van der Waals surface area (Å²) in [6, 6.07) is 14.5. The maximum Gasteiger partial charge on any atom is 0.338 e. The molecule has 0 saturated carbocycles. The van der Waals surface area contributed by atoms with Crippen molar-refractivity contribution in [3.8, 4) is 11.4 Å². The standard InChI is InChI=1S/C19H19N3O5S/c1-14-10-11-21-22(14)16-4-2-15(3-5-16)19(23)27-13-12-26-17-6-8-18(9-7-17)28(20,24)25/h2-11H,12-13H2,1H3,(H2,20,24,25). The molecule has 1 heterocycles. The largest absolute Gasteiger partial charge is 0.490 e. The molecule has 0 aliphatic carbocycles. The number of primary sulfonamides is 1. The minimum atomic E-state index is -3.74. The highest BCUT2D eigenvalue weighted by Gasteiger charge is 2.09. The van der Waals surface area contributed by atoms with E-state index >= 15 is 0 Å². The maximum atomic E-state index is 12.1. The Labute approximate surface area is 162 Å². The topological polar surface area (TPSA) is 114 Å². The fourth-order valence-corrected chi connectivity index (χ4v) is 3.00. The highest BCUT2D eigenvalue weighted by atomic mass is 32.2. The number of carbonyl (C=O) groups is 1. The maximum absolute atomic E-state index is 12.1. The second kappa shape index (κ2) is 8.24. The van der Waals surface area contributed by atoms with E-state index in [4.69, 9.17) is 14.6 Å². The van der Waals surface area contributed by atoms with E-state index in [0.717, 1.165) is 11.4 Å². The van der Waals surface area contributed by atoms with Crippen molar-refractivity contribution < 1.29 is 22.7 Å². The molecule has 0 fully saturated rings. The number of aromatic nitrogens is 2. The van der Waals surface area contributed by atoms with E-state index in [2.05, 4.69) is 5.10 Å². The summed E-state index contributed by atoms with van der Waals surface area (Å²) >= 11 is 0. The number of hydrogen-bond acceptors (Lipinski definition) is 6. The summed E-state index contributed by atoms with van der Waals surface area (Å²) in [6.45, 7) is 2.12. The summed E-state index contributed by atoms with van der Waals surface area (Å²) in [7, 11) is -3.74. The molecule has 1 aromatic heterocycles. The Hall–Kier alpha value is -3.17. The Morgan fingerprint density at radius 1 is 1.04 bits per heavy atom. The minimum Gasteiger partial charge on any atom is -0.490 e. The quantitative estimate of drug-likeness (QED) is 0.479. The fraction of sp³-hybridized carbons (Fsp3) is 0.158. The lowest BCUT2D eigenvalue weighted by atomic mass is 10.2. The van der Waals surface area contributed by atoms with Gasteiger partial charge in [0.1, 0.15) is 19.0 Å². The van der Waals surface area contributed by atoms with Crippen LogP contribution in [0.3, 0.4) is 0 Å². The van der Waals surface area contributed by atoms with Gasteiger partial charge in [-0.2, -0.15) is 5.10 Å². The lowest BCUT2D eigenvalue weighted by molar-refractivity contribution is 0.0450. The Balaban J connectivity index is 1.48. The highest BCUT2D eigenvalue weighted by Crippen LogP contribution is 2.15. The van der Waals surface area contributed by atoms with E-state index in [-0.39, 0.29) is 18.1 Å². The average molecular weight is 401 g/mol. The Kier molecular flexibility index (Phi) is 5.76. The van der Waals surface area contributed by atoms with Crippen molar-refractivity contribution in [3.05, 3.63) is 72.1 Å². The molecule has 2 aromatic carbocycles. The van der Waals surface area contributed by atoms with Crippen molar-refractivity contribution in [2.45, 2.75) is 11.8 Å². The molecule has 0 unspecified atom stereocenters. The van der Waals surface area contributed by atoms with E-state index in [1.165, 1.54) is 24.3 Å². The molecule has 2 N–H and O–H groups in total. The molecule has 0 atom stereocenters. The summed E-state index contributed by atoms with van der Waals surface area (Å²) in [4.78, 5) is 12.1. The molecule has 0 radical (unpaired) electrons. The van der Waals surface area contributed by atoms with Crippen molar-refractivity contribution in [1.82, 2.24) is 9.78 Å². The van der Waals surface area contributed by atoms with Gasteiger partial charge in [-0.1, -0.05) is 0 Å². The first-order valence-corrected chi connectivity index (χ1v) is 9.93. The van der Waals surface area contributed by atoms with Crippen LogP contribution in [0.5, 0.6) is 5.75 Å². The van der Waals surface area contributed by atoms with Gasteiger partial charge in [0.05, 0.1) is 16.1 Å². The number of carbonyl (C=O) groups excluding carboxylic acids is 1. The van der Waals surface area contributed by atoms with Crippen LogP contribution in [0.15, 0.2) is 65.7 Å². The number of sulfonamides is 1. The monoisotopic (exact) mass is 401 g/mol. The fourth-order valence-electron chi connectivity index (χ4n) is 2.48. The number of aryl methyl sites for hydroxylation is 1. The van der Waals surface area contributed by atoms with Gasteiger partial charge in [0, 0.05) is 11.9 Å². The van der Waals surface area contributed by atoms with Crippen LogP contribution in [0.4, 0.5) is 0 Å². The van der Waals surface area contributed by atoms with E-state index in [1.54, 1.807) is 35.1 Å². The number of hydrogen-bond donors (Lipinski definition) is 1. The molecule has 8 nitrogen and oxygen atoms in total. The summed E-state index contributed by atoms with van der Waals surface area (Å²) < 4.78 is 34.8. The van der Waals surface area contributed by atoms with Crippen LogP contribution in [0, 0.1) is 6.92 Å². The van der Waals surface area contributed by atoms with Gasteiger partial charge >= 0.3 is 5.97 Å². The molecule has 3 aromatic rings. The van der Waals surface area contributed by atoms with Crippen LogP contribution in [-0.4, -0.2) is 37.4 Å². The lowest BCUT2D eigenvalue weighted by Gasteiger charge is -2.09. The zero-order chi connectivity index (χ0) is 20.1. The van der Waals surface area contributed by atoms with Crippen LogP contribution in [0.1, 0.15) is 16.1 Å². The smallest absolute Gasteiger partial charge is 0.338 e. The first-order chi connectivity index (χ1) is 13.3. The molecule has 0 aliphatic rings. The Bertz CT molecular complexity index is 1060. The molecule has 3 rings (SSSR count). The second-order valence-electron chi connectivity index (χ2n) is 5.93. The van der Waals surface area contributed by atoms with Gasteiger partial charge in [-0.25, -0.2) is 23.0 Å². The first-order valence-electron chi connectivity index (χ1n) is 8.38. The molecule has 0 amide bonds. The van der Waals surface area contributed by atoms with E-state index in [9.17, 15) is 13.2 Å². The van der Waals surface area contributed by atoms with Gasteiger partial charge in [0.25, 0.3) is 0 Å². The molecule has 0 saturated heterocycles. The summed E-state index contributed by atoms with van der Waals surface area (Å²) in [5, 5.41) is 9.24. The normalized spacial score (nSPS) is 11.2. The Morgan fingerprint density at radius 3 is 2.29 bits per heavy atom. The predicted molar refractivity (Wildman–Crippen MR) is 102 cm³/mol.